The molecular formula is C21H37NO3. The van der Waals surface area contributed by atoms with Gasteiger partial charge in [0.1, 0.15) is 6.04 Å². The van der Waals surface area contributed by atoms with E-state index in [0.717, 1.165) is 12.8 Å². The van der Waals surface area contributed by atoms with Crippen LogP contribution in [-0.4, -0.2) is 24.5 Å². The molecule has 1 heterocycles. The maximum Gasteiger partial charge on any atom is 0.328 e. The predicted molar refractivity (Wildman–Crippen MR) is 102 cm³/mol. The molecule has 0 aromatic heterocycles. The third kappa shape index (κ3) is 11.8. The summed E-state index contributed by atoms with van der Waals surface area (Å²) in [5.74, 6) is -0.319. The summed E-state index contributed by atoms with van der Waals surface area (Å²) in [4.78, 5) is 22.7. The second-order valence-corrected chi connectivity index (χ2v) is 7.06. The molecule has 144 valence electrons. The lowest BCUT2D eigenvalue weighted by atomic mass is 10.1. The minimum Gasteiger partial charge on any atom is -0.464 e. The van der Waals surface area contributed by atoms with Crippen LogP contribution in [0, 0.1) is 0 Å². The summed E-state index contributed by atoms with van der Waals surface area (Å²) < 4.78 is 5.22. The molecular weight excluding hydrogens is 314 g/mol. The molecule has 1 rings (SSSR count). The molecule has 1 aliphatic heterocycles. The number of ether oxygens (including phenoxy) is 1. The van der Waals surface area contributed by atoms with Crippen molar-refractivity contribution in [2.45, 2.75) is 103 Å². The van der Waals surface area contributed by atoms with Crippen molar-refractivity contribution < 1.29 is 14.3 Å². The minimum absolute atomic E-state index is 0.0479. The molecule has 25 heavy (non-hydrogen) atoms. The fourth-order valence-corrected chi connectivity index (χ4v) is 3.06. The first-order valence-electron chi connectivity index (χ1n) is 10.3. The monoisotopic (exact) mass is 351 g/mol. The SMILES string of the molecule is CCCCCC/C=C/CCCCCCCCOC(=O)[C@@H]1CCC(=O)N1. The van der Waals surface area contributed by atoms with E-state index in [0.29, 0.717) is 19.4 Å². The van der Waals surface area contributed by atoms with Crippen LogP contribution < -0.4 is 5.32 Å². The third-order valence-electron chi connectivity index (χ3n) is 4.68. The fourth-order valence-electron chi connectivity index (χ4n) is 3.06. The summed E-state index contributed by atoms with van der Waals surface area (Å²) in [5, 5.41) is 2.64. The molecule has 0 radical (unpaired) electrons. The van der Waals surface area contributed by atoms with Gasteiger partial charge in [0.2, 0.25) is 5.91 Å². The zero-order chi connectivity index (χ0) is 18.2. The van der Waals surface area contributed by atoms with Gasteiger partial charge in [0.15, 0.2) is 0 Å². The van der Waals surface area contributed by atoms with Gasteiger partial charge in [-0.05, 0) is 38.5 Å². The summed E-state index contributed by atoms with van der Waals surface area (Å²) in [6.07, 6.45) is 20.6. The van der Waals surface area contributed by atoms with Gasteiger partial charge in [0, 0.05) is 6.42 Å². The van der Waals surface area contributed by atoms with Gasteiger partial charge in [-0.25, -0.2) is 4.79 Å². The summed E-state index contributed by atoms with van der Waals surface area (Å²) in [5.41, 5.74) is 0. The number of carbonyl (C=O) groups excluding carboxylic acids is 2. The van der Waals surface area contributed by atoms with Gasteiger partial charge >= 0.3 is 5.97 Å². The van der Waals surface area contributed by atoms with Crippen LogP contribution in [0.3, 0.4) is 0 Å². The van der Waals surface area contributed by atoms with E-state index < -0.39 is 6.04 Å². The summed E-state index contributed by atoms with van der Waals surface area (Å²) in [6.45, 7) is 2.73. The quantitative estimate of drug-likeness (QED) is 0.255. The zero-order valence-electron chi connectivity index (χ0n) is 16.1. The van der Waals surface area contributed by atoms with E-state index in [1.165, 1.54) is 64.2 Å². The lowest BCUT2D eigenvalue weighted by molar-refractivity contribution is -0.146. The molecule has 0 bridgehead atoms. The molecule has 1 saturated heterocycles. The van der Waals surface area contributed by atoms with Gasteiger partial charge in [-0.2, -0.15) is 0 Å². The molecule has 0 saturated carbocycles. The Labute approximate surface area is 153 Å². The highest BCUT2D eigenvalue weighted by atomic mass is 16.5. The maximum absolute atomic E-state index is 11.7. The van der Waals surface area contributed by atoms with E-state index in [9.17, 15) is 9.59 Å². The summed E-state index contributed by atoms with van der Waals surface area (Å²) >= 11 is 0. The van der Waals surface area contributed by atoms with Crippen molar-refractivity contribution in [3.63, 3.8) is 0 Å². The van der Waals surface area contributed by atoms with Gasteiger partial charge in [-0.15, -0.1) is 0 Å². The smallest absolute Gasteiger partial charge is 0.328 e. The Balaban J connectivity index is 1.79. The first-order chi connectivity index (χ1) is 12.2. The van der Waals surface area contributed by atoms with E-state index in [4.69, 9.17) is 4.74 Å². The van der Waals surface area contributed by atoms with Crippen LogP contribution in [0.25, 0.3) is 0 Å². The summed E-state index contributed by atoms with van der Waals surface area (Å²) in [6, 6.07) is -0.410. The third-order valence-corrected chi connectivity index (χ3v) is 4.68. The Morgan fingerprint density at radius 3 is 2.20 bits per heavy atom. The lowest BCUT2D eigenvalue weighted by Gasteiger charge is -2.09. The second kappa shape index (κ2) is 15.0. The van der Waals surface area contributed by atoms with Crippen LogP contribution in [0.15, 0.2) is 12.2 Å². The number of nitrogens with one attached hydrogen (secondary N) is 1. The van der Waals surface area contributed by atoms with Gasteiger partial charge in [0.05, 0.1) is 6.61 Å². The van der Waals surface area contributed by atoms with Gasteiger partial charge in [-0.3, -0.25) is 4.79 Å². The van der Waals surface area contributed by atoms with Crippen LogP contribution in [0.1, 0.15) is 96.8 Å². The first-order valence-corrected chi connectivity index (χ1v) is 10.3. The Morgan fingerprint density at radius 1 is 1.00 bits per heavy atom. The van der Waals surface area contributed by atoms with Crippen molar-refractivity contribution in [3.8, 4) is 0 Å². The average molecular weight is 352 g/mol. The van der Waals surface area contributed by atoms with E-state index in [-0.39, 0.29) is 11.9 Å². The zero-order valence-corrected chi connectivity index (χ0v) is 16.1. The van der Waals surface area contributed by atoms with Crippen molar-refractivity contribution >= 4 is 11.9 Å². The molecule has 0 aromatic carbocycles. The van der Waals surface area contributed by atoms with Crippen LogP contribution in [0.5, 0.6) is 0 Å². The molecule has 1 fully saturated rings. The van der Waals surface area contributed by atoms with Gasteiger partial charge in [-0.1, -0.05) is 64.0 Å². The highest BCUT2D eigenvalue weighted by Crippen LogP contribution is 2.11. The van der Waals surface area contributed by atoms with Gasteiger partial charge in [0.25, 0.3) is 0 Å². The predicted octanol–water partition coefficient (Wildman–Crippen LogP) is 5.07. The molecule has 4 nitrogen and oxygen atoms in total. The van der Waals surface area contributed by atoms with Crippen molar-refractivity contribution in [2.75, 3.05) is 6.61 Å². The molecule has 1 aliphatic rings. The number of unbranched alkanes of at least 4 members (excludes halogenated alkanes) is 10. The van der Waals surface area contributed by atoms with E-state index in [1.807, 2.05) is 0 Å². The normalized spacial score (nSPS) is 17.2. The van der Waals surface area contributed by atoms with Crippen LogP contribution in [0.4, 0.5) is 0 Å². The Kier molecular flexibility index (Phi) is 13.0. The Bertz CT molecular complexity index is 393. The number of carbonyl (C=O) groups is 2. The number of esters is 1. The number of hydrogen-bond donors (Lipinski definition) is 1. The molecule has 1 amide bonds. The van der Waals surface area contributed by atoms with Crippen LogP contribution >= 0.6 is 0 Å². The Hall–Kier alpha value is -1.32. The lowest BCUT2D eigenvalue weighted by Crippen LogP contribution is -2.34. The van der Waals surface area contributed by atoms with Gasteiger partial charge < -0.3 is 10.1 Å². The molecule has 4 heteroatoms. The number of hydrogen-bond acceptors (Lipinski definition) is 3. The molecule has 0 unspecified atom stereocenters. The van der Waals surface area contributed by atoms with E-state index in [1.54, 1.807) is 0 Å². The first kappa shape index (κ1) is 21.7. The van der Waals surface area contributed by atoms with Crippen LogP contribution in [0.2, 0.25) is 0 Å². The molecule has 0 aliphatic carbocycles. The van der Waals surface area contributed by atoms with Crippen molar-refractivity contribution in [1.82, 2.24) is 5.32 Å². The molecule has 1 N–H and O–H groups in total. The number of allylic oxidation sites excluding steroid dienone is 2. The van der Waals surface area contributed by atoms with Crippen molar-refractivity contribution in [3.05, 3.63) is 12.2 Å². The highest BCUT2D eigenvalue weighted by molar-refractivity contribution is 5.87. The number of amides is 1. The maximum atomic E-state index is 11.7. The van der Waals surface area contributed by atoms with Crippen molar-refractivity contribution in [1.29, 1.82) is 0 Å². The van der Waals surface area contributed by atoms with Crippen molar-refractivity contribution in [2.24, 2.45) is 0 Å². The van der Waals surface area contributed by atoms with E-state index in [2.05, 4.69) is 24.4 Å². The average Bonchev–Trinajstić information content (AvgIpc) is 3.04. The largest absolute Gasteiger partial charge is 0.464 e. The standard InChI is InChI=1S/C21H37NO3/c1-2-3-4-5-6-7-8-9-10-11-12-13-14-15-18-25-21(24)19-16-17-20(23)22-19/h7-8,19H,2-6,9-18H2,1H3,(H,22,23)/b8-7+/t19-/m0/s1. The molecule has 0 aromatic rings. The number of rotatable bonds is 15. The molecule has 0 spiro atoms. The fraction of sp³-hybridized carbons (Fsp3) is 0.810. The highest BCUT2D eigenvalue weighted by Gasteiger charge is 2.28. The topological polar surface area (TPSA) is 55.4 Å². The van der Waals surface area contributed by atoms with E-state index >= 15 is 0 Å². The second-order valence-electron chi connectivity index (χ2n) is 7.06. The minimum atomic E-state index is -0.410. The van der Waals surface area contributed by atoms with Crippen LogP contribution in [-0.2, 0) is 14.3 Å². The Morgan fingerprint density at radius 2 is 1.60 bits per heavy atom. The summed E-state index contributed by atoms with van der Waals surface area (Å²) in [7, 11) is 0. The molecule has 1 atom stereocenters.